The van der Waals surface area contributed by atoms with Gasteiger partial charge in [0.25, 0.3) is 0 Å². The zero-order chi connectivity index (χ0) is 16.8. The maximum absolute atomic E-state index is 11.8. The summed E-state index contributed by atoms with van der Waals surface area (Å²) < 4.78 is 20.1. The van der Waals surface area contributed by atoms with Gasteiger partial charge in [0.1, 0.15) is 17.2 Å². The molecule has 0 amide bonds. The van der Waals surface area contributed by atoms with Crippen molar-refractivity contribution in [3.63, 3.8) is 0 Å². The summed E-state index contributed by atoms with van der Waals surface area (Å²) in [7, 11) is 4.05. The Morgan fingerprint density at radius 1 is 0.696 bits per heavy atom. The van der Waals surface area contributed by atoms with E-state index in [9.17, 15) is 9.59 Å². The fourth-order valence-corrected chi connectivity index (χ4v) is 1.93. The van der Waals surface area contributed by atoms with E-state index < -0.39 is 11.9 Å². The van der Waals surface area contributed by atoms with Crippen molar-refractivity contribution in [2.45, 2.75) is 0 Å². The SMILES string of the molecule is COC(=O)c1ccc(Oc2ccc(OC)cc2)cc1C(=O)OC. The Morgan fingerprint density at radius 2 is 1.22 bits per heavy atom. The van der Waals surface area contributed by atoms with Crippen LogP contribution in [0.4, 0.5) is 0 Å². The van der Waals surface area contributed by atoms with Crippen LogP contribution >= 0.6 is 0 Å². The Labute approximate surface area is 133 Å². The number of ether oxygens (including phenoxy) is 4. The normalized spacial score (nSPS) is 9.87. The Morgan fingerprint density at radius 3 is 1.78 bits per heavy atom. The number of rotatable bonds is 5. The van der Waals surface area contributed by atoms with Crippen LogP contribution in [-0.4, -0.2) is 33.3 Å². The van der Waals surface area contributed by atoms with Crippen LogP contribution in [0.5, 0.6) is 17.2 Å². The highest BCUT2D eigenvalue weighted by Gasteiger charge is 2.19. The van der Waals surface area contributed by atoms with Crippen LogP contribution in [0.2, 0.25) is 0 Å². The summed E-state index contributed by atoms with van der Waals surface area (Å²) in [6.45, 7) is 0. The summed E-state index contributed by atoms with van der Waals surface area (Å²) in [5.41, 5.74) is 0.187. The molecule has 0 bridgehead atoms. The lowest BCUT2D eigenvalue weighted by Gasteiger charge is -2.10. The molecule has 2 aromatic rings. The number of carbonyl (C=O) groups excluding carboxylic acids is 2. The van der Waals surface area contributed by atoms with E-state index in [1.54, 1.807) is 37.4 Å². The van der Waals surface area contributed by atoms with Gasteiger partial charge in [0.15, 0.2) is 0 Å². The number of hydrogen-bond donors (Lipinski definition) is 0. The molecule has 0 radical (unpaired) electrons. The van der Waals surface area contributed by atoms with Crippen molar-refractivity contribution in [3.8, 4) is 17.2 Å². The predicted octanol–water partition coefficient (Wildman–Crippen LogP) is 3.06. The summed E-state index contributed by atoms with van der Waals surface area (Å²) in [6, 6.07) is 11.4. The van der Waals surface area contributed by atoms with E-state index >= 15 is 0 Å². The average molecular weight is 316 g/mol. The summed E-state index contributed by atoms with van der Waals surface area (Å²) in [5, 5.41) is 0. The van der Waals surface area contributed by atoms with E-state index in [0.29, 0.717) is 17.2 Å². The molecule has 0 saturated carbocycles. The molecule has 0 fully saturated rings. The van der Waals surface area contributed by atoms with Crippen LogP contribution in [0.3, 0.4) is 0 Å². The third kappa shape index (κ3) is 3.79. The zero-order valence-electron chi connectivity index (χ0n) is 13.0. The van der Waals surface area contributed by atoms with Gasteiger partial charge in [-0.05, 0) is 42.5 Å². The van der Waals surface area contributed by atoms with Crippen LogP contribution < -0.4 is 9.47 Å². The molecule has 0 aromatic heterocycles. The highest BCUT2D eigenvalue weighted by atomic mass is 16.5. The lowest BCUT2D eigenvalue weighted by atomic mass is 10.1. The van der Waals surface area contributed by atoms with E-state index in [4.69, 9.17) is 9.47 Å². The molecule has 0 aliphatic rings. The molecule has 0 aliphatic carbocycles. The van der Waals surface area contributed by atoms with Crippen molar-refractivity contribution in [2.75, 3.05) is 21.3 Å². The summed E-state index contributed by atoms with van der Waals surface area (Å²) in [5.74, 6) is 0.385. The van der Waals surface area contributed by atoms with Gasteiger partial charge in [-0.3, -0.25) is 0 Å². The van der Waals surface area contributed by atoms with Gasteiger partial charge in [0.05, 0.1) is 32.5 Å². The van der Waals surface area contributed by atoms with Gasteiger partial charge in [-0.2, -0.15) is 0 Å². The van der Waals surface area contributed by atoms with Crippen LogP contribution in [0.15, 0.2) is 42.5 Å². The van der Waals surface area contributed by atoms with Gasteiger partial charge in [-0.25, -0.2) is 9.59 Å². The molecule has 0 unspecified atom stereocenters. The molecular weight excluding hydrogens is 300 g/mol. The van der Waals surface area contributed by atoms with Crippen LogP contribution in [0.1, 0.15) is 20.7 Å². The molecule has 2 rings (SSSR count). The first kappa shape index (κ1) is 16.4. The molecule has 2 aromatic carbocycles. The van der Waals surface area contributed by atoms with Crippen molar-refractivity contribution in [1.82, 2.24) is 0 Å². The topological polar surface area (TPSA) is 71.1 Å². The van der Waals surface area contributed by atoms with Crippen molar-refractivity contribution in [2.24, 2.45) is 0 Å². The fourth-order valence-electron chi connectivity index (χ4n) is 1.93. The molecule has 6 nitrogen and oxygen atoms in total. The first-order valence-electron chi connectivity index (χ1n) is 6.71. The Bertz CT molecular complexity index is 706. The maximum atomic E-state index is 11.8. The van der Waals surface area contributed by atoms with E-state index in [2.05, 4.69) is 9.47 Å². The van der Waals surface area contributed by atoms with Gasteiger partial charge in [0, 0.05) is 0 Å². The van der Waals surface area contributed by atoms with Crippen molar-refractivity contribution >= 4 is 11.9 Å². The second-order valence-electron chi connectivity index (χ2n) is 4.47. The second kappa shape index (κ2) is 7.31. The molecule has 0 aliphatic heterocycles. The van der Waals surface area contributed by atoms with Crippen LogP contribution in [0, 0.1) is 0 Å². The van der Waals surface area contributed by atoms with Gasteiger partial charge in [-0.1, -0.05) is 0 Å². The molecule has 6 heteroatoms. The number of benzene rings is 2. The minimum Gasteiger partial charge on any atom is -0.497 e. The second-order valence-corrected chi connectivity index (χ2v) is 4.47. The van der Waals surface area contributed by atoms with Gasteiger partial charge in [-0.15, -0.1) is 0 Å². The number of esters is 2. The van der Waals surface area contributed by atoms with Crippen molar-refractivity contribution in [1.29, 1.82) is 0 Å². The predicted molar refractivity (Wildman–Crippen MR) is 82.2 cm³/mol. The van der Waals surface area contributed by atoms with E-state index in [-0.39, 0.29) is 11.1 Å². The van der Waals surface area contributed by atoms with Crippen LogP contribution in [0.25, 0.3) is 0 Å². The molecule has 0 saturated heterocycles. The fraction of sp³-hybridized carbons (Fsp3) is 0.176. The Hall–Kier alpha value is -3.02. The largest absolute Gasteiger partial charge is 0.497 e. The number of methoxy groups -OCH3 is 3. The number of hydrogen-bond acceptors (Lipinski definition) is 6. The molecule has 0 atom stereocenters. The van der Waals surface area contributed by atoms with Gasteiger partial charge in [0.2, 0.25) is 0 Å². The van der Waals surface area contributed by atoms with E-state index in [0.717, 1.165) is 0 Å². The third-order valence-electron chi connectivity index (χ3n) is 3.10. The smallest absolute Gasteiger partial charge is 0.338 e. The minimum atomic E-state index is -0.648. The highest BCUT2D eigenvalue weighted by molar-refractivity contribution is 6.03. The van der Waals surface area contributed by atoms with Crippen molar-refractivity contribution < 1.29 is 28.5 Å². The Balaban J connectivity index is 2.32. The zero-order valence-corrected chi connectivity index (χ0v) is 13.0. The van der Waals surface area contributed by atoms with Gasteiger partial charge < -0.3 is 18.9 Å². The monoisotopic (exact) mass is 316 g/mol. The molecule has 120 valence electrons. The first-order valence-corrected chi connectivity index (χ1v) is 6.71. The first-order chi connectivity index (χ1) is 11.1. The van der Waals surface area contributed by atoms with Crippen molar-refractivity contribution in [3.05, 3.63) is 53.6 Å². The minimum absolute atomic E-state index is 0.0744. The summed E-state index contributed by atoms with van der Waals surface area (Å²) in [4.78, 5) is 23.6. The molecule has 0 N–H and O–H groups in total. The highest BCUT2D eigenvalue weighted by Crippen LogP contribution is 2.26. The standard InChI is InChI=1S/C17H16O6/c1-20-11-4-6-12(7-5-11)23-13-8-9-14(16(18)21-2)15(10-13)17(19)22-3/h4-10H,1-3H3. The molecular formula is C17H16O6. The van der Waals surface area contributed by atoms with Gasteiger partial charge >= 0.3 is 11.9 Å². The number of carbonyl (C=O) groups is 2. The molecule has 0 spiro atoms. The lowest BCUT2D eigenvalue weighted by Crippen LogP contribution is -2.11. The molecule has 23 heavy (non-hydrogen) atoms. The van der Waals surface area contributed by atoms with Crippen LogP contribution in [-0.2, 0) is 9.47 Å². The Kier molecular flexibility index (Phi) is 5.19. The summed E-state index contributed by atoms with van der Waals surface area (Å²) in [6.07, 6.45) is 0. The molecule has 0 heterocycles. The summed E-state index contributed by atoms with van der Waals surface area (Å²) >= 11 is 0. The average Bonchev–Trinajstić information content (AvgIpc) is 2.61. The maximum Gasteiger partial charge on any atom is 0.338 e. The lowest BCUT2D eigenvalue weighted by molar-refractivity contribution is 0.0555. The van der Waals surface area contributed by atoms with E-state index in [1.165, 1.54) is 26.4 Å². The third-order valence-corrected chi connectivity index (χ3v) is 3.10. The quantitative estimate of drug-likeness (QED) is 0.790. The van der Waals surface area contributed by atoms with E-state index in [1.807, 2.05) is 0 Å².